The number of nitrogens with one attached hydrogen (secondary N) is 1. The summed E-state index contributed by atoms with van der Waals surface area (Å²) in [6.07, 6.45) is 1.63. The summed E-state index contributed by atoms with van der Waals surface area (Å²) in [5.41, 5.74) is 0.769. The van der Waals surface area contributed by atoms with Gasteiger partial charge in [0.05, 0.1) is 5.69 Å². The van der Waals surface area contributed by atoms with Gasteiger partial charge in [0.1, 0.15) is 5.60 Å². The van der Waals surface area contributed by atoms with Crippen LogP contribution in [0.4, 0.5) is 4.79 Å². The molecule has 6 nitrogen and oxygen atoms in total. The van der Waals surface area contributed by atoms with Gasteiger partial charge in [-0.1, -0.05) is 0 Å². The van der Waals surface area contributed by atoms with E-state index in [1.807, 2.05) is 49.7 Å². The number of aromatic nitrogens is 2. The molecular formula is C15H24N4O2. The Labute approximate surface area is 125 Å². The van der Waals surface area contributed by atoms with Gasteiger partial charge in [0, 0.05) is 38.9 Å². The minimum atomic E-state index is -0.416. The molecule has 2 atom stereocenters. The molecular weight excluding hydrogens is 268 g/mol. The lowest BCUT2D eigenvalue weighted by atomic mass is 10.2. The average Bonchev–Trinajstić information content (AvgIpc) is 2.77. The predicted octanol–water partition coefficient (Wildman–Crippen LogP) is 1.37. The van der Waals surface area contributed by atoms with Crippen LogP contribution < -0.4 is 5.32 Å². The summed E-state index contributed by atoms with van der Waals surface area (Å²) in [7, 11) is 1.95. The second-order valence-electron chi connectivity index (χ2n) is 7.07. The van der Waals surface area contributed by atoms with E-state index < -0.39 is 5.60 Å². The number of hydrogen-bond donors (Lipinski definition) is 1. The van der Waals surface area contributed by atoms with Gasteiger partial charge in [-0.3, -0.25) is 4.68 Å². The lowest BCUT2D eigenvalue weighted by Gasteiger charge is -2.26. The molecule has 1 amide bonds. The maximum absolute atomic E-state index is 12.0. The third-order valence-electron chi connectivity index (χ3n) is 4.29. The van der Waals surface area contributed by atoms with Crippen LogP contribution in [-0.2, 0) is 18.3 Å². The minimum Gasteiger partial charge on any atom is -0.444 e. The van der Waals surface area contributed by atoms with E-state index in [-0.39, 0.29) is 6.09 Å². The van der Waals surface area contributed by atoms with Crippen LogP contribution >= 0.6 is 0 Å². The second-order valence-corrected chi connectivity index (χ2v) is 7.07. The van der Waals surface area contributed by atoms with Crippen molar-refractivity contribution < 1.29 is 9.53 Å². The first-order valence-corrected chi connectivity index (χ1v) is 7.53. The van der Waals surface area contributed by atoms with E-state index in [2.05, 4.69) is 10.4 Å². The minimum absolute atomic E-state index is 0.180. The smallest absolute Gasteiger partial charge is 0.410 e. The van der Waals surface area contributed by atoms with Gasteiger partial charge in [0.15, 0.2) is 0 Å². The summed E-state index contributed by atoms with van der Waals surface area (Å²) in [5, 5.41) is 7.73. The molecule has 116 valence electrons. The van der Waals surface area contributed by atoms with Crippen molar-refractivity contribution in [3.63, 3.8) is 0 Å². The number of rotatable bonds is 3. The molecule has 0 spiro atoms. The molecule has 1 aliphatic heterocycles. The first kappa shape index (κ1) is 14.4. The number of piperidine rings is 1. The highest BCUT2D eigenvalue weighted by atomic mass is 16.6. The molecule has 2 heterocycles. The van der Waals surface area contributed by atoms with Crippen LogP contribution in [0.25, 0.3) is 0 Å². The highest BCUT2D eigenvalue weighted by Crippen LogP contribution is 2.45. The van der Waals surface area contributed by atoms with Crippen molar-refractivity contribution in [1.82, 2.24) is 20.0 Å². The molecule has 1 aliphatic carbocycles. The van der Waals surface area contributed by atoms with Crippen molar-refractivity contribution in [3.05, 3.63) is 18.0 Å². The standard InChI is InChI=1S/C15H24N4O2/c1-15(2,3)21-14(20)19-8-11-12(9-19)13(11)16-7-10-5-6-17-18(10)4/h5-6,11-13,16H,7-9H2,1-4H3. The maximum atomic E-state index is 12.0. The Bertz CT molecular complexity index is 522. The van der Waals surface area contributed by atoms with Gasteiger partial charge in [-0.2, -0.15) is 5.10 Å². The molecule has 0 bridgehead atoms. The highest BCUT2D eigenvalue weighted by Gasteiger charge is 2.56. The van der Waals surface area contributed by atoms with Crippen LogP contribution in [0, 0.1) is 11.8 Å². The van der Waals surface area contributed by atoms with Crippen molar-refractivity contribution in [2.24, 2.45) is 18.9 Å². The van der Waals surface area contributed by atoms with E-state index in [1.54, 1.807) is 0 Å². The first-order valence-electron chi connectivity index (χ1n) is 7.53. The fraction of sp³-hybridized carbons (Fsp3) is 0.733. The Balaban J connectivity index is 1.44. The third-order valence-corrected chi connectivity index (χ3v) is 4.29. The average molecular weight is 292 g/mol. The van der Waals surface area contributed by atoms with Crippen LogP contribution in [0.3, 0.4) is 0 Å². The molecule has 6 heteroatoms. The zero-order valence-electron chi connectivity index (χ0n) is 13.2. The molecule has 2 fully saturated rings. The van der Waals surface area contributed by atoms with E-state index in [1.165, 1.54) is 5.69 Å². The number of hydrogen-bond acceptors (Lipinski definition) is 4. The van der Waals surface area contributed by atoms with Crippen LogP contribution in [-0.4, -0.2) is 45.5 Å². The van der Waals surface area contributed by atoms with Gasteiger partial charge in [-0.25, -0.2) is 4.79 Å². The van der Waals surface area contributed by atoms with Crippen LogP contribution in [0.1, 0.15) is 26.5 Å². The monoisotopic (exact) mass is 292 g/mol. The fourth-order valence-corrected chi connectivity index (χ4v) is 3.10. The van der Waals surface area contributed by atoms with E-state index >= 15 is 0 Å². The Hall–Kier alpha value is -1.56. The summed E-state index contributed by atoms with van der Waals surface area (Å²) in [5.74, 6) is 1.15. The molecule has 1 N–H and O–H groups in total. The summed E-state index contributed by atoms with van der Waals surface area (Å²) in [4.78, 5) is 13.8. The number of likely N-dealkylation sites (tertiary alicyclic amines) is 1. The van der Waals surface area contributed by atoms with Gasteiger partial charge in [-0.15, -0.1) is 0 Å². The summed E-state index contributed by atoms with van der Waals surface area (Å²) in [6, 6.07) is 2.55. The number of carbonyl (C=O) groups is 1. The van der Waals surface area contributed by atoms with Crippen LogP contribution in [0.2, 0.25) is 0 Å². The number of aryl methyl sites for hydroxylation is 1. The SMILES string of the molecule is Cn1nccc1CNC1C2CN(C(=O)OC(C)(C)C)CC21. The number of nitrogens with zero attached hydrogens (tertiary/aromatic N) is 3. The Morgan fingerprint density at radius 3 is 2.62 bits per heavy atom. The number of carbonyl (C=O) groups excluding carboxylic acids is 1. The molecule has 1 aromatic heterocycles. The predicted molar refractivity (Wildman–Crippen MR) is 78.6 cm³/mol. The van der Waals surface area contributed by atoms with E-state index in [9.17, 15) is 4.79 Å². The second kappa shape index (κ2) is 5.02. The lowest BCUT2D eigenvalue weighted by Crippen LogP contribution is -2.39. The van der Waals surface area contributed by atoms with Crippen molar-refractivity contribution >= 4 is 6.09 Å². The summed E-state index contributed by atoms with van der Waals surface area (Å²) in [6.45, 7) is 8.16. The third kappa shape index (κ3) is 3.05. The molecule has 2 unspecified atom stereocenters. The van der Waals surface area contributed by atoms with Gasteiger partial charge in [0.25, 0.3) is 0 Å². The number of amides is 1. The highest BCUT2D eigenvalue weighted by molar-refractivity contribution is 5.69. The van der Waals surface area contributed by atoms with Crippen molar-refractivity contribution in [1.29, 1.82) is 0 Å². The summed E-state index contributed by atoms with van der Waals surface area (Å²) < 4.78 is 7.30. The Morgan fingerprint density at radius 1 is 1.43 bits per heavy atom. The van der Waals surface area contributed by atoms with E-state index in [0.29, 0.717) is 17.9 Å². The molecule has 2 aliphatic rings. The molecule has 0 aromatic carbocycles. The largest absolute Gasteiger partial charge is 0.444 e. The van der Waals surface area contributed by atoms with Gasteiger partial charge in [0.2, 0.25) is 0 Å². The van der Waals surface area contributed by atoms with Crippen molar-refractivity contribution in [3.8, 4) is 0 Å². The quantitative estimate of drug-likeness (QED) is 0.914. The number of ether oxygens (including phenoxy) is 1. The molecule has 1 saturated heterocycles. The van der Waals surface area contributed by atoms with E-state index in [0.717, 1.165) is 19.6 Å². The summed E-state index contributed by atoms with van der Waals surface area (Å²) >= 11 is 0. The topological polar surface area (TPSA) is 59.4 Å². The van der Waals surface area contributed by atoms with Gasteiger partial charge < -0.3 is 15.0 Å². The molecule has 3 rings (SSSR count). The Morgan fingerprint density at radius 2 is 2.10 bits per heavy atom. The zero-order chi connectivity index (χ0) is 15.2. The molecule has 21 heavy (non-hydrogen) atoms. The molecule has 1 saturated carbocycles. The van der Waals surface area contributed by atoms with Crippen molar-refractivity contribution in [2.75, 3.05) is 13.1 Å². The van der Waals surface area contributed by atoms with Crippen LogP contribution in [0.5, 0.6) is 0 Å². The molecule has 1 aromatic rings. The fourth-order valence-electron chi connectivity index (χ4n) is 3.10. The first-order chi connectivity index (χ1) is 9.85. The lowest BCUT2D eigenvalue weighted by molar-refractivity contribution is 0.0269. The van der Waals surface area contributed by atoms with E-state index in [4.69, 9.17) is 4.74 Å². The van der Waals surface area contributed by atoms with Gasteiger partial charge in [-0.05, 0) is 38.7 Å². The van der Waals surface area contributed by atoms with Crippen LogP contribution in [0.15, 0.2) is 12.3 Å². The zero-order valence-corrected chi connectivity index (χ0v) is 13.2. The molecule has 0 radical (unpaired) electrons. The van der Waals surface area contributed by atoms with Crippen molar-refractivity contribution in [2.45, 2.75) is 39.0 Å². The maximum Gasteiger partial charge on any atom is 0.410 e. The Kier molecular flexibility index (Phi) is 3.43. The normalized spacial score (nSPS) is 27.6. The van der Waals surface area contributed by atoms with Gasteiger partial charge >= 0.3 is 6.09 Å². The number of fused-ring (bicyclic) bond motifs is 1.